The van der Waals surface area contributed by atoms with Gasteiger partial charge in [0, 0.05) is 27.5 Å². The first-order valence-electron chi connectivity index (χ1n) is 18.5. The Morgan fingerprint density at radius 2 is 0.855 bits per heavy atom. The largest absolute Gasteiger partial charge is 0.456 e. The predicted molar refractivity (Wildman–Crippen MR) is 227 cm³/mol. The fourth-order valence-electron chi connectivity index (χ4n) is 8.00. The van der Waals surface area contributed by atoms with Gasteiger partial charge in [0.1, 0.15) is 11.2 Å². The quantitative estimate of drug-likeness (QED) is 0.179. The summed E-state index contributed by atoms with van der Waals surface area (Å²) in [4.78, 5) is 15.6. The average Bonchev–Trinajstić information content (AvgIpc) is 3.62. The third-order valence-corrected chi connectivity index (χ3v) is 10.7. The molecule has 11 aromatic rings. The van der Waals surface area contributed by atoms with Crippen LogP contribution in [0.25, 0.3) is 111 Å². The number of aromatic nitrogens is 3. The first-order valence-corrected chi connectivity index (χ1v) is 18.5. The first kappa shape index (κ1) is 31.1. The van der Waals surface area contributed by atoms with Crippen LogP contribution in [0.1, 0.15) is 0 Å². The molecule has 0 saturated heterocycles. The van der Waals surface area contributed by atoms with Gasteiger partial charge in [-0.05, 0) is 84.9 Å². The molecular formula is C51H31N3O. The molecule has 0 amide bonds. The fraction of sp³-hybridized carbons (Fsp3) is 0. The highest BCUT2D eigenvalue weighted by Gasteiger charge is 2.17. The van der Waals surface area contributed by atoms with Crippen LogP contribution in [-0.4, -0.2) is 15.0 Å². The Balaban J connectivity index is 1.09. The number of fused-ring (bicyclic) bond motifs is 6. The number of benzene rings is 9. The molecule has 0 N–H and O–H groups in total. The molecule has 0 aliphatic heterocycles. The minimum atomic E-state index is 0.619. The molecule has 4 heteroatoms. The van der Waals surface area contributed by atoms with Gasteiger partial charge in [-0.25, -0.2) is 15.0 Å². The molecule has 0 unspecified atom stereocenters. The Bertz CT molecular complexity index is 3250. The number of para-hydroxylation sites is 1. The van der Waals surface area contributed by atoms with Crippen molar-refractivity contribution in [1.29, 1.82) is 0 Å². The van der Waals surface area contributed by atoms with Crippen LogP contribution in [-0.2, 0) is 0 Å². The van der Waals surface area contributed by atoms with Crippen LogP contribution < -0.4 is 0 Å². The van der Waals surface area contributed by atoms with E-state index in [1.807, 2.05) is 12.1 Å². The molecule has 2 aromatic heterocycles. The summed E-state index contributed by atoms with van der Waals surface area (Å²) in [6.45, 7) is 0. The maximum Gasteiger partial charge on any atom is 0.164 e. The fourth-order valence-corrected chi connectivity index (χ4v) is 8.00. The van der Waals surface area contributed by atoms with E-state index in [1.165, 1.54) is 27.5 Å². The highest BCUT2D eigenvalue weighted by atomic mass is 16.3. The van der Waals surface area contributed by atoms with Crippen LogP contribution in [0.4, 0.5) is 0 Å². The maximum atomic E-state index is 6.20. The van der Waals surface area contributed by atoms with E-state index in [1.54, 1.807) is 0 Å². The van der Waals surface area contributed by atoms with E-state index in [9.17, 15) is 0 Å². The molecule has 55 heavy (non-hydrogen) atoms. The molecule has 2 heterocycles. The van der Waals surface area contributed by atoms with E-state index in [0.717, 1.165) is 65.7 Å². The molecule has 0 fully saturated rings. The molecule has 0 spiro atoms. The van der Waals surface area contributed by atoms with E-state index >= 15 is 0 Å². The molecule has 0 saturated carbocycles. The lowest BCUT2D eigenvalue weighted by Gasteiger charge is -2.13. The lowest BCUT2D eigenvalue weighted by atomic mass is 9.94. The summed E-state index contributed by atoms with van der Waals surface area (Å²) < 4.78 is 6.20. The van der Waals surface area contributed by atoms with Gasteiger partial charge in [-0.15, -0.1) is 0 Å². The molecule has 0 aliphatic rings. The van der Waals surface area contributed by atoms with Gasteiger partial charge in [0.25, 0.3) is 0 Å². The number of rotatable bonds is 5. The van der Waals surface area contributed by atoms with Gasteiger partial charge in [0.15, 0.2) is 17.5 Å². The van der Waals surface area contributed by atoms with Crippen molar-refractivity contribution in [2.75, 3.05) is 0 Å². The zero-order valence-corrected chi connectivity index (χ0v) is 29.6. The van der Waals surface area contributed by atoms with Crippen LogP contribution in [0.2, 0.25) is 0 Å². The van der Waals surface area contributed by atoms with E-state index < -0.39 is 0 Å². The van der Waals surface area contributed by atoms with Gasteiger partial charge in [0.2, 0.25) is 0 Å². The third kappa shape index (κ3) is 5.34. The molecule has 0 radical (unpaired) electrons. The van der Waals surface area contributed by atoms with Gasteiger partial charge >= 0.3 is 0 Å². The lowest BCUT2D eigenvalue weighted by Crippen LogP contribution is -2.01. The molecule has 0 aliphatic carbocycles. The normalized spacial score (nSPS) is 11.6. The number of hydrogen-bond donors (Lipinski definition) is 0. The van der Waals surface area contributed by atoms with Gasteiger partial charge in [-0.3, -0.25) is 0 Å². The van der Waals surface area contributed by atoms with E-state index in [2.05, 4.69) is 176 Å². The topological polar surface area (TPSA) is 51.8 Å². The standard InChI is InChI=1S/C51H31N3O/c1-2-11-32(12-3-1)41-27-28-45(43-17-7-6-16-42(41)43)51-53-49(35-23-21-34(22-24-35)40-19-10-14-33-13-4-5-15-39(33)40)52-50(54-51)37-26-25-36-31-48-46(30-38(36)29-37)44-18-8-9-20-47(44)55-48/h1-31H. The highest BCUT2D eigenvalue weighted by Crippen LogP contribution is 2.38. The zero-order chi connectivity index (χ0) is 36.3. The Morgan fingerprint density at radius 3 is 1.69 bits per heavy atom. The van der Waals surface area contributed by atoms with Crippen molar-refractivity contribution in [3.63, 3.8) is 0 Å². The molecule has 256 valence electrons. The predicted octanol–water partition coefficient (Wildman–Crippen LogP) is 13.6. The van der Waals surface area contributed by atoms with Crippen LogP contribution >= 0.6 is 0 Å². The smallest absolute Gasteiger partial charge is 0.164 e. The van der Waals surface area contributed by atoms with Crippen molar-refractivity contribution in [3.8, 4) is 56.4 Å². The van der Waals surface area contributed by atoms with Crippen LogP contribution in [0.5, 0.6) is 0 Å². The number of hydrogen-bond acceptors (Lipinski definition) is 4. The second-order valence-electron chi connectivity index (χ2n) is 14.0. The van der Waals surface area contributed by atoms with Gasteiger partial charge in [-0.2, -0.15) is 0 Å². The SMILES string of the molecule is c1ccc(-c2ccc(-c3nc(-c4ccc(-c5cccc6ccccc56)cc4)nc(-c4ccc5cc6oc7ccccc7c6cc5c4)n3)c3ccccc23)cc1. The summed E-state index contributed by atoms with van der Waals surface area (Å²) in [7, 11) is 0. The Morgan fingerprint density at radius 1 is 0.273 bits per heavy atom. The van der Waals surface area contributed by atoms with Crippen LogP contribution in [0.15, 0.2) is 192 Å². The second-order valence-corrected chi connectivity index (χ2v) is 14.0. The van der Waals surface area contributed by atoms with Crippen molar-refractivity contribution in [3.05, 3.63) is 188 Å². The molecule has 0 bridgehead atoms. The van der Waals surface area contributed by atoms with E-state index in [-0.39, 0.29) is 0 Å². The van der Waals surface area contributed by atoms with Crippen molar-refractivity contribution >= 4 is 54.3 Å². The maximum absolute atomic E-state index is 6.20. The summed E-state index contributed by atoms with van der Waals surface area (Å²) in [5, 5.41) is 9.07. The Kier molecular flexibility index (Phi) is 7.14. The van der Waals surface area contributed by atoms with E-state index in [4.69, 9.17) is 19.4 Å². The Labute approximate surface area is 317 Å². The summed E-state index contributed by atoms with van der Waals surface area (Å²) in [5.74, 6) is 1.87. The minimum Gasteiger partial charge on any atom is -0.456 e. The van der Waals surface area contributed by atoms with Crippen molar-refractivity contribution in [2.45, 2.75) is 0 Å². The average molecular weight is 702 g/mol. The second kappa shape index (κ2) is 12.6. The number of furan rings is 1. The van der Waals surface area contributed by atoms with Crippen LogP contribution in [0, 0.1) is 0 Å². The van der Waals surface area contributed by atoms with Crippen molar-refractivity contribution in [2.24, 2.45) is 0 Å². The van der Waals surface area contributed by atoms with Gasteiger partial charge in [0.05, 0.1) is 0 Å². The first-order chi connectivity index (χ1) is 27.2. The van der Waals surface area contributed by atoms with E-state index in [0.29, 0.717) is 17.5 Å². The zero-order valence-electron chi connectivity index (χ0n) is 29.6. The summed E-state index contributed by atoms with van der Waals surface area (Å²) >= 11 is 0. The monoisotopic (exact) mass is 701 g/mol. The molecule has 0 atom stereocenters. The van der Waals surface area contributed by atoms with Gasteiger partial charge < -0.3 is 4.42 Å². The molecular weight excluding hydrogens is 671 g/mol. The molecule has 4 nitrogen and oxygen atoms in total. The Hall–Kier alpha value is -7.43. The summed E-state index contributed by atoms with van der Waals surface area (Å²) in [5.41, 5.74) is 9.25. The minimum absolute atomic E-state index is 0.619. The van der Waals surface area contributed by atoms with Crippen molar-refractivity contribution in [1.82, 2.24) is 15.0 Å². The molecule has 11 rings (SSSR count). The summed E-state index contributed by atoms with van der Waals surface area (Å²) in [6.07, 6.45) is 0. The highest BCUT2D eigenvalue weighted by molar-refractivity contribution is 6.10. The van der Waals surface area contributed by atoms with Crippen LogP contribution in [0.3, 0.4) is 0 Å². The van der Waals surface area contributed by atoms with Gasteiger partial charge in [-0.1, -0.05) is 158 Å². The third-order valence-electron chi connectivity index (χ3n) is 10.7. The summed E-state index contributed by atoms with van der Waals surface area (Å²) in [6, 6.07) is 65.9. The molecule has 9 aromatic carbocycles. The lowest BCUT2D eigenvalue weighted by molar-refractivity contribution is 0.669. The number of nitrogens with zero attached hydrogens (tertiary/aromatic N) is 3. The van der Waals surface area contributed by atoms with Crippen molar-refractivity contribution < 1.29 is 4.42 Å².